The van der Waals surface area contributed by atoms with E-state index >= 15 is 0 Å². The summed E-state index contributed by atoms with van der Waals surface area (Å²) in [7, 11) is 0. The topological polar surface area (TPSA) is 52.6 Å². The largest absolute Gasteiger partial charge is 0.454 e. The molecule has 0 unspecified atom stereocenters. The lowest BCUT2D eigenvalue weighted by atomic mass is 9.86. The molecule has 3 aromatic rings. The zero-order valence-electron chi connectivity index (χ0n) is 18.4. The number of halogens is 3. The fourth-order valence-corrected chi connectivity index (χ4v) is 4.47. The number of ether oxygens (including phenoxy) is 2. The predicted octanol–water partition coefficient (Wildman–Crippen LogP) is 6.15. The maximum Gasteiger partial charge on any atom is 0.417 e. The zero-order chi connectivity index (χ0) is 24.1. The minimum Gasteiger partial charge on any atom is -0.454 e. The highest BCUT2D eigenvalue weighted by Gasteiger charge is 2.51. The third kappa shape index (κ3) is 3.95. The van der Waals surface area contributed by atoms with E-state index in [1.807, 2.05) is 6.07 Å². The van der Waals surface area contributed by atoms with Gasteiger partial charge in [-0.2, -0.15) is 13.2 Å². The molecule has 0 spiro atoms. The zero-order valence-corrected chi connectivity index (χ0v) is 18.4. The molecule has 1 aliphatic carbocycles. The summed E-state index contributed by atoms with van der Waals surface area (Å²) in [4.78, 5) is 24.7. The molecule has 7 heteroatoms. The number of Topliss-reactive ketones (excluding diaryl/α,β-unsaturated/α-hetero) is 2. The van der Waals surface area contributed by atoms with Crippen molar-refractivity contribution in [2.45, 2.75) is 37.8 Å². The first-order chi connectivity index (χ1) is 16.2. The summed E-state index contributed by atoms with van der Waals surface area (Å²) < 4.78 is 52.5. The van der Waals surface area contributed by atoms with Crippen LogP contribution in [-0.4, -0.2) is 18.4 Å². The summed E-state index contributed by atoms with van der Waals surface area (Å²) in [6.07, 6.45) is -3.39. The van der Waals surface area contributed by atoms with Crippen LogP contribution in [0.25, 0.3) is 11.1 Å². The van der Waals surface area contributed by atoms with Crippen molar-refractivity contribution >= 4 is 11.6 Å². The minimum atomic E-state index is -4.60. The standard InChI is InChI=1S/C27H21F3O4/c1-16(31)18-3-5-19(6-4-18)21-8-2-17(12-22(21)27(28,29)30)13-25(32)26(10-11-26)20-7-9-23-24(14-20)34-15-33-23/h2-9,12,14H,10-11,13,15H2,1H3. The van der Waals surface area contributed by atoms with Crippen LogP contribution in [0.4, 0.5) is 13.2 Å². The van der Waals surface area contributed by atoms with E-state index < -0.39 is 17.2 Å². The summed E-state index contributed by atoms with van der Waals surface area (Å²) in [5.41, 5.74) is 0.415. The highest BCUT2D eigenvalue weighted by molar-refractivity contribution is 5.95. The summed E-state index contributed by atoms with van der Waals surface area (Å²) in [5, 5.41) is 0. The third-order valence-electron chi connectivity index (χ3n) is 6.57. The van der Waals surface area contributed by atoms with Crippen molar-refractivity contribution in [1.29, 1.82) is 0 Å². The van der Waals surface area contributed by atoms with Crippen LogP contribution in [0.2, 0.25) is 0 Å². The molecule has 0 atom stereocenters. The minimum absolute atomic E-state index is 0.00991. The van der Waals surface area contributed by atoms with E-state index in [0.29, 0.717) is 41.0 Å². The normalized spacial score (nSPS) is 15.8. The number of hydrogen-bond donors (Lipinski definition) is 0. The summed E-state index contributed by atoms with van der Waals surface area (Å²) in [6.45, 7) is 1.53. The molecule has 3 aromatic carbocycles. The first-order valence-electron chi connectivity index (χ1n) is 10.9. The smallest absolute Gasteiger partial charge is 0.417 e. The lowest BCUT2D eigenvalue weighted by Crippen LogP contribution is -2.22. The molecule has 0 N–H and O–H groups in total. The summed E-state index contributed by atoms with van der Waals surface area (Å²) in [5.74, 6) is 0.927. The molecule has 0 saturated heterocycles. The number of rotatable bonds is 6. The van der Waals surface area contributed by atoms with Gasteiger partial charge in [-0.15, -0.1) is 0 Å². The number of hydrogen-bond acceptors (Lipinski definition) is 4. The van der Waals surface area contributed by atoms with Crippen molar-refractivity contribution in [2.24, 2.45) is 0 Å². The van der Waals surface area contributed by atoms with E-state index in [1.165, 1.54) is 37.3 Å². The van der Waals surface area contributed by atoms with Crippen LogP contribution in [0.15, 0.2) is 60.7 Å². The van der Waals surface area contributed by atoms with E-state index in [0.717, 1.165) is 11.6 Å². The van der Waals surface area contributed by atoms with Gasteiger partial charge in [-0.05, 0) is 60.2 Å². The van der Waals surface area contributed by atoms with E-state index in [-0.39, 0.29) is 30.3 Å². The van der Waals surface area contributed by atoms with Crippen molar-refractivity contribution in [2.75, 3.05) is 6.79 Å². The van der Waals surface area contributed by atoms with E-state index in [4.69, 9.17) is 9.47 Å². The molecule has 0 bridgehead atoms. The number of alkyl halides is 3. The Kier molecular flexibility index (Phi) is 5.23. The van der Waals surface area contributed by atoms with Crippen LogP contribution < -0.4 is 9.47 Å². The number of carbonyl (C=O) groups excluding carboxylic acids is 2. The van der Waals surface area contributed by atoms with Gasteiger partial charge in [0.1, 0.15) is 5.78 Å². The van der Waals surface area contributed by atoms with E-state index in [1.54, 1.807) is 18.2 Å². The molecule has 1 fully saturated rings. The Hall–Kier alpha value is -3.61. The van der Waals surface area contributed by atoms with Gasteiger partial charge in [0.15, 0.2) is 17.3 Å². The molecular weight excluding hydrogens is 445 g/mol. The predicted molar refractivity (Wildman–Crippen MR) is 119 cm³/mol. The highest BCUT2D eigenvalue weighted by atomic mass is 19.4. The molecule has 174 valence electrons. The Morgan fingerprint density at radius 2 is 1.62 bits per heavy atom. The Morgan fingerprint density at radius 1 is 0.912 bits per heavy atom. The number of benzene rings is 3. The SMILES string of the molecule is CC(=O)c1ccc(-c2ccc(CC(=O)C3(c4ccc5c(c4)OCO5)CC3)cc2C(F)(F)F)cc1. The van der Waals surface area contributed by atoms with Crippen molar-refractivity contribution < 1.29 is 32.2 Å². The second-order valence-corrected chi connectivity index (χ2v) is 8.76. The Morgan fingerprint density at radius 3 is 2.26 bits per heavy atom. The molecule has 34 heavy (non-hydrogen) atoms. The fraction of sp³-hybridized carbons (Fsp3) is 0.259. The summed E-state index contributed by atoms with van der Waals surface area (Å²) in [6, 6.07) is 15.4. The van der Waals surface area contributed by atoms with Gasteiger partial charge in [0.05, 0.1) is 11.0 Å². The van der Waals surface area contributed by atoms with Crippen molar-refractivity contribution in [1.82, 2.24) is 0 Å². The fourth-order valence-electron chi connectivity index (χ4n) is 4.47. The Balaban J connectivity index is 1.43. The molecule has 1 saturated carbocycles. The average molecular weight is 466 g/mol. The molecule has 1 aliphatic heterocycles. The second-order valence-electron chi connectivity index (χ2n) is 8.76. The van der Waals surface area contributed by atoms with E-state index in [9.17, 15) is 22.8 Å². The van der Waals surface area contributed by atoms with Gasteiger partial charge in [0.2, 0.25) is 6.79 Å². The number of fused-ring (bicyclic) bond motifs is 1. The first kappa shape index (κ1) is 22.2. The van der Waals surface area contributed by atoms with Crippen molar-refractivity contribution in [3.8, 4) is 22.6 Å². The van der Waals surface area contributed by atoms with Crippen LogP contribution in [0.3, 0.4) is 0 Å². The maximum atomic E-state index is 13.9. The van der Waals surface area contributed by atoms with Gasteiger partial charge >= 0.3 is 6.18 Å². The van der Waals surface area contributed by atoms with E-state index in [2.05, 4.69) is 0 Å². The Bertz CT molecular complexity index is 1290. The highest BCUT2D eigenvalue weighted by Crippen LogP contribution is 2.51. The van der Waals surface area contributed by atoms with Gasteiger partial charge in [-0.25, -0.2) is 0 Å². The second kappa shape index (κ2) is 8.01. The molecular formula is C27H21F3O4. The lowest BCUT2D eigenvalue weighted by molar-refractivity contribution is -0.137. The van der Waals surface area contributed by atoms with Crippen LogP contribution in [0.1, 0.15) is 46.8 Å². The first-order valence-corrected chi connectivity index (χ1v) is 10.9. The maximum absolute atomic E-state index is 13.9. The van der Waals surface area contributed by atoms with Gasteiger partial charge in [0.25, 0.3) is 0 Å². The van der Waals surface area contributed by atoms with Gasteiger partial charge in [-0.3, -0.25) is 9.59 Å². The molecule has 1 heterocycles. The molecule has 2 aliphatic rings. The molecule has 0 radical (unpaired) electrons. The quantitative estimate of drug-likeness (QED) is 0.409. The number of carbonyl (C=O) groups is 2. The molecule has 0 amide bonds. The van der Waals surface area contributed by atoms with Crippen LogP contribution >= 0.6 is 0 Å². The lowest BCUT2D eigenvalue weighted by Gasteiger charge is -2.18. The number of ketones is 2. The van der Waals surface area contributed by atoms with Gasteiger partial charge in [0, 0.05) is 12.0 Å². The molecule has 4 nitrogen and oxygen atoms in total. The average Bonchev–Trinajstić information content (AvgIpc) is 3.49. The van der Waals surface area contributed by atoms with Gasteiger partial charge < -0.3 is 9.47 Å². The van der Waals surface area contributed by atoms with Crippen LogP contribution in [-0.2, 0) is 22.8 Å². The van der Waals surface area contributed by atoms with Crippen LogP contribution in [0.5, 0.6) is 11.5 Å². The van der Waals surface area contributed by atoms with Crippen molar-refractivity contribution in [3.63, 3.8) is 0 Å². The van der Waals surface area contributed by atoms with Crippen molar-refractivity contribution in [3.05, 3.63) is 82.9 Å². The third-order valence-corrected chi connectivity index (χ3v) is 6.57. The van der Waals surface area contributed by atoms with Crippen LogP contribution in [0, 0.1) is 0 Å². The van der Waals surface area contributed by atoms with Gasteiger partial charge in [-0.1, -0.05) is 42.5 Å². The monoisotopic (exact) mass is 466 g/mol. The summed E-state index contributed by atoms with van der Waals surface area (Å²) >= 11 is 0. The Labute approximate surface area is 194 Å². The molecule has 0 aromatic heterocycles. The molecule has 5 rings (SSSR count).